The van der Waals surface area contributed by atoms with E-state index in [-0.39, 0.29) is 5.91 Å². The van der Waals surface area contributed by atoms with Crippen LogP contribution in [0.3, 0.4) is 0 Å². The van der Waals surface area contributed by atoms with Crippen LogP contribution in [0.2, 0.25) is 0 Å². The smallest absolute Gasteiger partial charge is 0.234 e. The minimum Gasteiger partial charge on any atom is -0.324 e. The molecule has 0 unspecified atom stereocenters. The fourth-order valence-electron chi connectivity index (χ4n) is 2.24. The van der Waals surface area contributed by atoms with E-state index in [2.05, 4.69) is 11.4 Å². The number of hydrogen-bond acceptors (Lipinski definition) is 4. The van der Waals surface area contributed by atoms with Gasteiger partial charge in [0.2, 0.25) is 5.91 Å². The van der Waals surface area contributed by atoms with Gasteiger partial charge in [0, 0.05) is 10.1 Å². The standard InChI is InChI=1S/C15H18N2OS2/c16-9-10-19-14-8-4-3-7-13(14)17-15(18)11-20-12-5-1-2-6-12/h3-4,7-8,12H,1-2,5-6,10-11H2,(H,17,18). The predicted molar refractivity (Wildman–Crippen MR) is 86.1 cm³/mol. The second-order valence-corrected chi connectivity index (χ2v) is 7.01. The third kappa shape index (κ3) is 4.77. The second-order valence-electron chi connectivity index (χ2n) is 4.71. The molecule has 3 nitrogen and oxygen atoms in total. The maximum absolute atomic E-state index is 12.0. The van der Waals surface area contributed by atoms with Crippen molar-refractivity contribution in [2.24, 2.45) is 0 Å². The van der Waals surface area contributed by atoms with E-state index in [9.17, 15) is 4.79 Å². The Morgan fingerprint density at radius 3 is 2.85 bits per heavy atom. The number of nitrogens with one attached hydrogen (secondary N) is 1. The van der Waals surface area contributed by atoms with Crippen molar-refractivity contribution in [3.8, 4) is 6.07 Å². The zero-order valence-electron chi connectivity index (χ0n) is 11.3. The van der Waals surface area contributed by atoms with Crippen molar-refractivity contribution >= 4 is 35.1 Å². The van der Waals surface area contributed by atoms with Gasteiger partial charge in [0.15, 0.2) is 0 Å². The first-order valence-corrected chi connectivity index (χ1v) is 8.83. The van der Waals surface area contributed by atoms with Crippen molar-refractivity contribution in [1.29, 1.82) is 5.26 Å². The van der Waals surface area contributed by atoms with E-state index in [1.807, 2.05) is 24.3 Å². The topological polar surface area (TPSA) is 52.9 Å². The molecule has 2 rings (SSSR count). The molecule has 5 heteroatoms. The quantitative estimate of drug-likeness (QED) is 0.809. The molecule has 0 spiro atoms. The molecule has 0 bridgehead atoms. The van der Waals surface area contributed by atoms with E-state index in [0.29, 0.717) is 16.8 Å². The van der Waals surface area contributed by atoms with Gasteiger partial charge in [0.1, 0.15) is 0 Å². The summed E-state index contributed by atoms with van der Waals surface area (Å²) in [5, 5.41) is 12.3. The van der Waals surface area contributed by atoms with Crippen LogP contribution in [0, 0.1) is 11.3 Å². The van der Waals surface area contributed by atoms with Crippen LogP contribution < -0.4 is 5.32 Å². The molecule has 1 saturated carbocycles. The highest BCUT2D eigenvalue weighted by Crippen LogP contribution is 2.30. The van der Waals surface area contributed by atoms with Crippen LogP contribution in [0.4, 0.5) is 5.69 Å². The number of thioether (sulfide) groups is 2. The lowest BCUT2D eigenvalue weighted by Gasteiger charge is -2.11. The van der Waals surface area contributed by atoms with E-state index in [1.54, 1.807) is 11.8 Å². The molecule has 1 N–H and O–H groups in total. The van der Waals surface area contributed by atoms with Gasteiger partial charge < -0.3 is 5.32 Å². The molecule has 106 valence electrons. The molecular weight excluding hydrogens is 288 g/mol. The highest BCUT2D eigenvalue weighted by Gasteiger charge is 2.17. The first-order valence-electron chi connectivity index (χ1n) is 6.80. The lowest BCUT2D eigenvalue weighted by molar-refractivity contribution is -0.113. The van der Waals surface area contributed by atoms with Crippen molar-refractivity contribution in [2.75, 3.05) is 16.8 Å². The van der Waals surface area contributed by atoms with Gasteiger partial charge in [0.25, 0.3) is 0 Å². The van der Waals surface area contributed by atoms with Gasteiger partial charge in [-0.05, 0) is 25.0 Å². The van der Waals surface area contributed by atoms with E-state index in [4.69, 9.17) is 5.26 Å². The van der Waals surface area contributed by atoms with Gasteiger partial charge >= 0.3 is 0 Å². The second kappa shape index (κ2) is 8.23. The Labute approximate surface area is 128 Å². The Morgan fingerprint density at radius 1 is 1.35 bits per heavy atom. The lowest BCUT2D eigenvalue weighted by Crippen LogP contribution is -2.16. The molecule has 1 fully saturated rings. The summed E-state index contributed by atoms with van der Waals surface area (Å²) in [4.78, 5) is 12.9. The molecule has 1 aromatic carbocycles. The highest BCUT2D eigenvalue weighted by molar-refractivity contribution is 8.00. The first-order chi connectivity index (χ1) is 9.79. The Bertz CT molecular complexity index is 493. The summed E-state index contributed by atoms with van der Waals surface area (Å²) in [5.74, 6) is 0.956. The number of para-hydroxylation sites is 1. The number of rotatable bonds is 6. The van der Waals surface area contributed by atoms with Crippen LogP contribution in [0.1, 0.15) is 25.7 Å². The Morgan fingerprint density at radius 2 is 2.10 bits per heavy atom. The molecule has 1 aliphatic carbocycles. The van der Waals surface area contributed by atoms with Gasteiger partial charge in [-0.1, -0.05) is 25.0 Å². The van der Waals surface area contributed by atoms with Gasteiger partial charge in [-0.2, -0.15) is 5.26 Å². The number of nitrogens with zero attached hydrogens (tertiary/aromatic N) is 1. The number of nitriles is 1. The van der Waals surface area contributed by atoms with Crippen LogP contribution in [-0.4, -0.2) is 22.7 Å². The minimum absolute atomic E-state index is 0.0481. The van der Waals surface area contributed by atoms with Crippen molar-refractivity contribution in [3.05, 3.63) is 24.3 Å². The minimum atomic E-state index is 0.0481. The molecule has 0 aliphatic heterocycles. The molecule has 0 atom stereocenters. The Hall–Kier alpha value is -1.12. The molecule has 0 radical (unpaired) electrons. The number of anilines is 1. The van der Waals surface area contributed by atoms with E-state index >= 15 is 0 Å². The van der Waals surface area contributed by atoms with Crippen LogP contribution in [0.25, 0.3) is 0 Å². The zero-order valence-corrected chi connectivity index (χ0v) is 12.9. The highest BCUT2D eigenvalue weighted by atomic mass is 32.2. The van der Waals surface area contributed by atoms with Crippen LogP contribution in [0.15, 0.2) is 29.2 Å². The summed E-state index contributed by atoms with van der Waals surface area (Å²) in [7, 11) is 0. The summed E-state index contributed by atoms with van der Waals surface area (Å²) in [6.07, 6.45) is 5.08. The Kier molecular flexibility index (Phi) is 6.28. The SMILES string of the molecule is N#CCSc1ccccc1NC(=O)CSC1CCCC1. The van der Waals surface area contributed by atoms with Crippen LogP contribution in [-0.2, 0) is 4.79 Å². The maximum Gasteiger partial charge on any atom is 0.234 e. The third-order valence-electron chi connectivity index (χ3n) is 3.21. The summed E-state index contributed by atoms with van der Waals surface area (Å²) < 4.78 is 0. The molecule has 0 aromatic heterocycles. The van der Waals surface area contributed by atoms with E-state index in [0.717, 1.165) is 10.6 Å². The van der Waals surface area contributed by atoms with Crippen molar-refractivity contribution in [3.63, 3.8) is 0 Å². The Balaban J connectivity index is 1.85. The summed E-state index contributed by atoms with van der Waals surface area (Å²) in [5.41, 5.74) is 0.810. The van der Waals surface area contributed by atoms with Crippen molar-refractivity contribution in [1.82, 2.24) is 0 Å². The van der Waals surface area contributed by atoms with Gasteiger partial charge in [0.05, 0.1) is 23.3 Å². The van der Waals surface area contributed by atoms with E-state index < -0.39 is 0 Å². The first kappa shape index (κ1) is 15.3. The predicted octanol–water partition coefficient (Wildman–Crippen LogP) is 3.92. The van der Waals surface area contributed by atoms with Gasteiger partial charge in [-0.15, -0.1) is 23.5 Å². The average molecular weight is 306 g/mol. The van der Waals surface area contributed by atoms with Gasteiger partial charge in [-0.3, -0.25) is 4.79 Å². The number of hydrogen-bond donors (Lipinski definition) is 1. The third-order valence-corrected chi connectivity index (χ3v) is 5.52. The van der Waals surface area contributed by atoms with Crippen molar-refractivity contribution < 1.29 is 4.79 Å². The lowest BCUT2D eigenvalue weighted by atomic mass is 10.3. The fourth-order valence-corrected chi connectivity index (χ4v) is 4.04. The molecule has 20 heavy (non-hydrogen) atoms. The molecule has 0 saturated heterocycles. The normalized spacial score (nSPS) is 14.9. The van der Waals surface area contributed by atoms with E-state index in [1.165, 1.54) is 37.4 Å². The molecule has 1 amide bonds. The average Bonchev–Trinajstić information content (AvgIpc) is 2.97. The van der Waals surface area contributed by atoms with Gasteiger partial charge in [-0.25, -0.2) is 0 Å². The summed E-state index contributed by atoms with van der Waals surface area (Å²) in [6.45, 7) is 0. The van der Waals surface area contributed by atoms with Crippen LogP contribution >= 0.6 is 23.5 Å². The molecular formula is C15H18N2OS2. The number of carbonyl (C=O) groups is 1. The summed E-state index contributed by atoms with van der Waals surface area (Å²) in [6, 6.07) is 9.74. The number of benzene rings is 1. The molecule has 1 aliphatic rings. The molecule has 1 aromatic rings. The van der Waals surface area contributed by atoms with Crippen LogP contribution in [0.5, 0.6) is 0 Å². The number of amides is 1. The largest absolute Gasteiger partial charge is 0.324 e. The van der Waals surface area contributed by atoms with Crippen molar-refractivity contribution in [2.45, 2.75) is 35.8 Å². The molecule has 0 heterocycles. The zero-order chi connectivity index (χ0) is 14.2. The monoisotopic (exact) mass is 306 g/mol. The number of carbonyl (C=O) groups excluding carboxylic acids is 1. The fraction of sp³-hybridized carbons (Fsp3) is 0.467. The maximum atomic E-state index is 12.0. The summed E-state index contributed by atoms with van der Waals surface area (Å²) >= 11 is 3.21.